The predicted molar refractivity (Wildman–Crippen MR) is 119 cm³/mol. The molecule has 28 heavy (non-hydrogen) atoms. The molecule has 0 fully saturated rings. The Morgan fingerprint density at radius 1 is 0.821 bits per heavy atom. The Bertz CT molecular complexity index is 1070. The number of hydrogen-bond acceptors (Lipinski definition) is 3. The fraction of sp³-hybridized carbons (Fsp3) is 0.120. The SMILES string of the molecule is CN.Cc1cc(/C=C/Cc2ccc3ccccc3c2)cc(-c2ccccn2)n1. The third-order valence-electron chi connectivity index (χ3n) is 4.38. The van der Waals surface area contributed by atoms with Crippen molar-refractivity contribution in [1.29, 1.82) is 0 Å². The smallest absolute Gasteiger partial charge is 0.0895 e. The summed E-state index contributed by atoms with van der Waals surface area (Å²) in [4.78, 5) is 9.01. The summed E-state index contributed by atoms with van der Waals surface area (Å²) in [5.41, 5.74) is 9.78. The highest BCUT2D eigenvalue weighted by Crippen LogP contribution is 2.19. The molecule has 2 heterocycles. The number of allylic oxidation sites excluding steroid dienone is 1. The van der Waals surface area contributed by atoms with Crippen LogP contribution in [0.4, 0.5) is 0 Å². The van der Waals surface area contributed by atoms with E-state index in [1.165, 1.54) is 23.4 Å². The molecule has 0 aliphatic carbocycles. The summed E-state index contributed by atoms with van der Waals surface area (Å²) in [5, 5.41) is 2.57. The molecular formula is C25H25N3. The first-order valence-corrected chi connectivity index (χ1v) is 9.40. The van der Waals surface area contributed by atoms with Gasteiger partial charge in [-0.05, 0) is 66.6 Å². The molecule has 2 aromatic carbocycles. The molecule has 0 amide bonds. The lowest BCUT2D eigenvalue weighted by atomic mass is 10.0. The van der Waals surface area contributed by atoms with Gasteiger partial charge in [-0.2, -0.15) is 0 Å². The fourth-order valence-electron chi connectivity index (χ4n) is 3.13. The van der Waals surface area contributed by atoms with Gasteiger partial charge >= 0.3 is 0 Å². The van der Waals surface area contributed by atoms with Gasteiger partial charge in [-0.25, -0.2) is 0 Å². The summed E-state index contributed by atoms with van der Waals surface area (Å²) < 4.78 is 0. The van der Waals surface area contributed by atoms with Crippen molar-refractivity contribution in [2.24, 2.45) is 5.73 Å². The molecule has 0 bridgehead atoms. The summed E-state index contributed by atoms with van der Waals surface area (Å²) in [6.07, 6.45) is 7.08. The normalized spacial score (nSPS) is 10.7. The van der Waals surface area contributed by atoms with E-state index < -0.39 is 0 Å². The number of hydrogen-bond donors (Lipinski definition) is 1. The van der Waals surface area contributed by atoms with Crippen LogP contribution in [0, 0.1) is 6.92 Å². The number of nitrogens with zero attached hydrogens (tertiary/aromatic N) is 2. The number of aryl methyl sites for hydroxylation is 1. The van der Waals surface area contributed by atoms with Gasteiger partial charge in [-0.3, -0.25) is 9.97 Å². The van der Waals surface area contributed by atoms with E-state index >= 15 is 0 Å². The molecule has 0 saturated carbocycles. The summed E-state index contributed by atoms with van der Waals surface area (Å²) >= 11 is 0. The van der Waals surface area contributed by atoms with Crippen LogP contribution in [0.25, 0.3) is 28.2 Å². The van der Waals surface area contributed by atoms with E-state index in [4.69, 9.17) is 0 Å². The van der Waals surface area contributed by atoms with E-state index in [9.17, 15) is 0 Å². The van der Waals surface area contributed by atoms with Crippen molar-refractivity contribution in [3.63, 3.8) is 0 Å². The second kappa shape index (κ2) is 9.58. The molecule has 0 aliphatic rings. The van der Waals surface area contributed by atoms with E-state index in [0.29, 0.717) is 0 Å². The lowest BCUT2D eigenvalue weighted by molar-refractivity contribution is 1.17. The minimum Gasteiger partial charge on any atom is -0.333 e. The van der Waals surface area contributed by atoms with Crippen LogP contribution in [-0.4, -0.2) is 17.0 Å². The van der Waals surface area contributed by atoms with Gasteiger partial charge in [0, 0.05) is 11.9 Å². The van der Waals surface area contributed by atoms with Crippen LogP contribution in [0.5, 0.6) is 0 Å². The van der Waals surface area contributed by atoms with E-state index in [1.54, 1.807) is 6.20 Å². The maximum absolute atomic E-state index is 4.61. The van der Waals surface area contributed by atoms with Crippen LogP contribution >= 0.6 is 0 Å². The molecule has 3 heteroatoms. The van der Waals surface area contributed by atoms with E-state index in [1.807, 2.05) is 25.1 Å². The second-order valence-electron chi connectivity index (χ2n) is 6.43. The minimum absolute atomic E-state index is 0.903. The highest BCUT2D eigenvalue weighted by atomic mass is 14.8. The predicted octanol–water partition coefficient (Wildman–Crippen LogP) is 5.44. The highest BCUT2D eigenvalue weighted by Gasteiger charge is 2.02. The van der Waals surface area contributed by atoms with Gasteiger partial charge in [0.1, 0.15) is 0 Å². The number of fused-ring (bicyclic) bond motifs is 1. The number of aromatic nitrogens is 2. The Morgan fingerprint density at radius 2 is 1.61 bits per heavy atom. The lowest BCUT2D eigenvalue weighted by Gasteiger charge is -2.04. The maximum atomic E-state index is 4.61. The highest BCUT2D eigenvalue weighted by molar-refractivity contribution is 5.83. The topological polar surface area (TPSA) is 51.8 Å². The first-order valence-electron chi connectivity index (χ1n) is 9.40. The molecule has 0 unspecified atom stereocenters. The molecule has 4 aromatic rings. The van der Waals surface area contributed by atoms with Crippen LogP contribution in [0.1, 0.15) is 16.8 Å². The van der Waals surface area contributed by atoms with E-state index in [-0.39, 0.29) is 0 Å². The second-order valence-corrected chi connectivity index (χ2v) is 6.43. The average Bonchev–Trinajstić information content (AvgIpc) is 2.75. The van der Waals surface area contributed by atoms with Gasteiger partial charge in [0.05, 0.1) is 11.4 Å². The summed E-state index contributed by atoms with van der Waals surface area (Å²) in [6, 6.07) is 25.2. The molecule has 0 spiro atoms. The molecule has 2 aromatic heterocycles. The van der Waals surface area contributed by atoms with Crippen LogP contribution in [-0.2, 0) is 6.42 Å². The van der Waals surface area contributed by atoms with Crippen molar-refractivity contribution < 1.29 is 0 Å². The lowest BCUT2D eigenvalue weighted by Crippen LogP contribution is -1.91. The Hall–Kier alpha value is -3.30. The van der Waals surface area contributed by atoms with Crippen LogP contribution in [0.3, 0.4) is 0 Å². The summed E-state index contributed by atoms with van der Waals surface area (Å²) in [6.45, 7) is 2.02. The zero-order valence-electron chi connectivity index (χ0n) is 16.3. The Labute approximate surface area is 166 Å². The Kier molecular flexibility index (Phi) is 6.66. The van der Waals surface area contributed by atoms with Gasteiger partial charge in [0.25, 0.3) is 0 Å². The summed E-state index contributed by atoms with van der Waals surface area (Å²) in [5.74, 6) is 0. The van der Waals surface area contributed by atoms with E-state index in [0.717, 1.165) is 29.1 Å². The molecule has 4 rings (SSSR count). The van der Waals surface area contributed by atoms with Gasteiger partial charge in [0.15, 0.2) is 0 Å². The fourth-order valence-corrected chi connectivity index (χ4v) is 3.13. The van der Waals surface area contributed by atoms with Crippen LogP contribution in [0.15, 0.2) is 85.1 Å². The average molecular weight is 367 g/mol. The van der Waals surface area contributed by atoms with E-state index in [2.05, 4.69) is 82.5 Å². The number of rotatable bonds is 4. The van der Waals surface area contributed by atoms with Gasteiger partial charge in [-0.1, -0.05) is 60.7 Å². The largest absolute Gasteiger partial charge is 0.333 e. The third kappa shape index (κ3) is 4.90. The minimum atomic E-state index is 0.903. The molecule has 0 aliphatic heterocycles. The maximum Gasteiger partial charge on any atom is 0.0895 e. The monoisotopic (exact) mass is 367 g/mol. The van der Waals surface area contributed by atoms with Crippen LogP contribution < -0.4 is 5.73 Å². The summed E-state index contributed by atoms with van der Waals surface area (Å²) in [7, 11) is 1.50. The zero-order chi connectivity index (χ0) is 19.8. The van der Waals surface area contributed by atoms with Crippen molar-refractivity contribution >= 4 is 16.8 Å². The molecular weight excluding hydrogens is 342 g/mol. The van der Waals surface area contributed by atoms with Crippen molar-refractivity contribution in [3.05, 3.63) is 102 Å². The first kappa shape index (κ1) is 19.5. The standard InChI is InChI=1S/C24H20N2.CH5N/c1-18-15-20(17-24(26-18)23-11-4-5-14-25-23)8-6-7-19-12-13-21-9-2-3-10-22(21)16-19;1-2/h2-6,8-17H,7H2,1H3;2H2,1H3/b8-6+;. The number of nitrogens with two attached hydrogens (primary N) is 1. The van der Waals surface area contributed by atoms with Crippen molar-refractivity contribution in [1.82, 2.24) is 9.97 Å². The molecule has 0 radical (unpaired) electrons. The molecule has 0 saturated heterocycles. The Balaban J connectivity index is 0.00000109. The van der Waals surface area contributed by atoms with Gasteiger partial charge < -0.3 is 5.73 Å². The van der Waals surface area contributed by atoms with Crippen molar-refractivity contribution in [2.75, 3.05) is 7.05 Å². The van der Waals surface area contributed by atoms with Crippen molar-refractivity contribution in [3.8, 4) is 11.4 Å². The Morgan fingerprint density at radius 3 is 2.39 bits per heavy atom. The van der Waals surface area contributed by atoms with Gasteiger partial charge in [0.2, 0.25) is 0 Å². The van der Waals surface area contributed by atoms with Crippen molar-refractivity contribution in [2.45, 2.75) is 13.3 Å². The van der Waals surface area contributed by atoms with Gasteiger partial charge in [-0.15, -0.1) is 0 Å². The van der Waals surface area contributed by atoms with Crippen LogP contribution in [0.2, 0.25) is 0 Å². The molecule has 0 atom stereocenters. The number of benzene rings is 2. The third-order valence-corrected chi connectivity index (χ3v) is 4.38. The zero-order valence-corrected chi connectivity index (χ0v) is 16.3. The quantitative estimate of drug-likeness (QED) is 0.523. The number of pyridine rings is 2. The molecule has 3 nitrogen and oxygen atoms in total. The molecule has 140 valence electrons. The first-order chi connectivity index (χ1) is 13.8. The molecule has 2 N–H and O–H groups in total.